The number of carbonyl (C=O) groups excluding carboxylic acids is 1. The molecule has 0 aliphatic heterocycles. The monoisotopic (exact) mass is 278 g/mol. The minimum atomic E-state index is -0.954. The Labute approximate surface area is 117 Å². The number of hydrogen-bond donors (Lipinski definition) is 3. The van der Waals surface area contributed by atoms with Crippen LogP contribution in [0.25, 0.3) is 6.08 Å². The predicted molar refractivity (Wildman–Crippen MR) is 74.7 cm³/mol. The first-order chi connectivity index (χ1) is 9.62. The molecule has 0 radical (unpaired) electrons. The van der Waals surface area contributed by atoms with Gasteiger partial charge in [0, 0.05) is 11.6 Å². The molecule has 20 heavy (non-hydrogen) atoms. The first-order valence-electron chi connectivity index (χ1n) is 6.12. The summed E-state index contributed by atoms with van der Waals surface area (Å²) in [5, 5.41) is 24.0. The van der Waals surface area contributed by atoms with E-state index in [1.807, 2.05) is 36.4 Å². The van der Waals surface area contributed by atoms with Gasteiger partial charge in [-0.3, -0.25) is 0 Å². The summed E-state index contributed by atoms with van der Waals surface area (Å²) in [6.45, 7) is 2.63. The maximum Gasteiger partial charge on any atom is 0.331 e. The van der Waals surface area contributed by atoms with Gasteiger partial charge < -0.3 is 20.1 Å². The zero-order valence-electron chi connectivity index (χ0n) is 11.0. The fourth-order valence-electron chi connectivity index (χ4n) is 1.55. The predicted octanol–water partition coefficient (Wildman–Crippen LogP) is 0.816. The number of rotatable bonds is 4. The summed E-state index contributed by atoms with van der Waals surface area (Å²) >= 11 is 0. The molecule has 0 aromatic heterocycles. The van der Waals surface area contributed by atoms with Crippen molar-refractivity contribution in [2.45, 2.75) is 12.2 Å². The number of aliphatic hydroxyl groups is 3. The molecule has 5 nitrogen and oxygen atoms in total. The van der Waals surface area contributed by atoms with Crippen molar-refractivity contribution in [1.82, 2.24) is 0 Å². The topological polar surface area (TPSA) is 87.0 Å². The average molecular weight is 278 g/mol. The second-order valence-corrected chi connectivity index (χ2v) is 4.07. The smallest absolute Gasteiger partial charge is 0.331 e. The maximum atomic E-state index is 11.0. The van der Waals surface area contributed by atoms with Crippen LogP contribution in [-0.4, -0.2) is 40.6 Å². The molecule has 108 valence electrons. The molecule has 1 aliphatic rings. The number of fused-ring (bicyclic) bond motifs is 1. The molecule has 2 rings (SSSR count). The van der Waals surface area contributed by atoms with Crippen LogP contribution in [0.1, 0.15) is 17.2 Å². The number of hydrogen-bond acceptors (Lipinski definition) is 5. The summed E-state index contributed by atoms with van der Waals surface area (Å²) in [5.74, 6) is -0.392. The molecule has 0 heterocycles. The maximum absolute atomic E-state index is 11.0. The number of aliphatic hydroxyl groups excluding tert-OH is 3. The van der Waals surface area contributed by atoms with Crippen molar-refractivity contribution in [3.05, 3.63) is 54.1 Å². The van der Waals surface area contributed by atoms with Gasteiger partial charge in [-0.25, -0.2) is 4.79 Å². The quantitative estimate of drug-likeness (QED) is 0.560. The van der Waals surface area contributed by atoms with Crippen LogP contribution in [0.3, 0.4) is 0 Å². The van der Waals surface area contributed by atoms with Gasteiger partial charge in [0.2, 0.25) is 0 Å². The molecule has 0 fully saturated rings. The number of benzene rings is 1. The molecule has 0 bridgehead atoms. The van der Waals surface area contributed by atoms with E-state index < -0.39 is 12.1 Å². The highest BCUT2D eigenvalue weighted by Gasteiger charge is 2.18. The van der Waals surface area contributed by atoms with E-state index in [1.54, 1.807) is 0 Å². The standard InChI is InChI=1S/C12H10O2.C3H8O3/c1-2-12(13)14-11-8-7-9-5-3-4-6-10(9)11;4-1-3(6)2-5/h2-8,11H,1H2;3-6H,1-2H2. The fourth-order valence-corrected chi connectivity index (χ4v) is 1.55. The van der Waals surface area contributed by atoms with Gasteiger partial charge in [-0.15, -0.1) is 0 Å². The first kappa shape index (κ1) is 16.1. The van der Waals surface area contributed by atoms with Crippen LogP contribution in [0, 0.1) is 0 Å². The summed E-state index contributed by atoms with van der Waals surface area (Å²) < 4.78 is 5.14. The van der Waals surface area contributed by atoms with Crippen LogP contribution >= 0.6 is 0 Å². The summed E-state index contributed by atoms with van der Waals surface area (Å²) in [7, 11) is 0. The molecular formula is C15H18O5. The Balaban J connectivity index is 0.000000286. The molecule has 0 saturated carbocycles. The van der Waals surface area contributed by atoms with Gasteiger partial charge in [0.05, 0.1) is 13.2 Å². The van der Waals surface area contributed by atoms with E-state index in [9.17, 15) is 4.79 Å². The molecule has 1 atom stereocenters. The normalized spacial score (nSPS) is 15.3. The molecule has 3 N–H and O–H groups in total. The van der Waals surface area contributed by atoms with Crippen molar-refractivity contribution in [3.63, 3.8) is 0 Å². The van der Waals surface area contributed by atoms with Crippen LogP contribution < -0.4 is 0 Å². The minimum Gasteiger partial charge on any atom is -0.450 e. The van der Waals surface area contributed by atoms with Crippen molar-refractivity contribution in [2.24, 2.45) is 0 Å². The summed E-state index contributed by atoms with van der Waals surface area (Å²) in [6, 6.07) is 7.84. The van der Waals surface area contributed by atoms with E-state index in [0.717, 1.165) is 11.1 Å². The van der Waals surface area contributed by atoms with Gasteiger partial charge in [0.25, 0.3) is 0 Å². The lowest BCUT2D eigenvalue weighted by Gasteiger charge is -2.10. The van der Waals surface area contributed by atoms with Crippen LogP contribution in [0.4, 0.5) is 0 Å². The molecule has 0 amide bonds. The SMILES string of the molecule is C=CC(=O)OC1C=Cc2ccccc21.OCC(O)CO. The minimum absolute atomic E-state index is 0.253. The average Bonchev–Trinajstić information content (AvgIpc) is 2.90. The van der Waals surface area contributed by atoms with E-state index in [0.29, 0.717) is 0 Å². The Morgan fingerprint density at radius 2 is 2.00 bits per heavy atom. The van der Waals surface area contributed by atoms with Gasteiger partial charge >= 0.3 is 5.97 Å². The largest absolute Gasteiger partial charge is 0.450 e. The zero-order chi connectivity index (χ0) is 15.0. The first-order valence-corrected chi connectivity index (χ1v) is 6.12. The Morgan fingerprint density at radius 3 is 2.55 bits per heavy atom. The van der Waals surface area contributed by atoms with Crippen LogP contribution in [0.2, 0.25) is 0 Å². The van der Waals surface area contributed by atoms with Crippen LogP contribution in [0.5, 0.6) is 0 Å². The zero-order valence-corrected chi connectivity index (χ0v) is 11.0. The second kappa shape index (κ2) is 8.27. The summed E-state index contributed by atoms with van der Waals surface area (Å²) in [6.07, 6.45) is 3.79. The lowest BCUT2D eigenvalue weighted by molar-refractivity contribution is -0.141. The fraction of sp³-hybridized carbons (Fsp3) is 0.267. The van der Waals surface area contributed by atoms with Crippen molar-refractivity contribution < 1.29 is 24.9 Å². The van der Waals surface area contributed by atoms with Crippen molar-refractivity contribution >= 4 is 12.0 Å². The lowest BCUT2D eigenvalue weighted by atomic mass is 10.1. The van der Waals surface area contributed by atoms with Crippen LogP contribution in [0.15, 0.2) is 43.0 Å². The van der Waals surface area contributed by atoms with E-state index in [1.165, 1.54) is 6.08 Å². The lowest BCUT2D eigenvalue weighted by Crippen LogP contribution is -2.15. The van der Waals surface area contributed by atoms with E-state index in [2.05, 4.69) is 6.58 Å². The third kappa shape index (κ3) is 4.62. The number of ether oxygens (including phenoxy) is 1. The molecule has 5 heteroatoms. The van der Waals surface area contributed by atoms with Gasteiger partial charge in [0.15, 0.2) is 0 Å². The summed E-state index contributed by atoms with van der Waals surface area (Å²) in [5.41, 5.74) is 2.14. The Bertz CT molecular complexity index is 477. The van der Waals surface area contributed by atoms with Gasteiger partial charge in [-0.2, -0.15) is 0 Å². The number of carbonyl (C=O) groups is 1. The molecule has 0 saturated heterocycles. The van der Waals surface area contributed by atoms with Crippen molar-refractivity contribution in [3.8, 4) is 0 Å². The second-order valence-electron chi connectivity index (χ2n) is 4.07. The van der Waals surface area contributed by atoms with Crippen molar-refractivity contribution in [1.29, 1.82) is 0 Å². The van der Waals surface area contributed by atoms with E-state index in [-0.39, 0.29) is 19.3 Å². The van der Waals surface area contributed by atoms with Crippen LogP contribution in [-0.2, 0) is 9.53 Å². The Hall–Kier alpha value is -1.95. The van der Waals surface area contributed by atoms with Crippen molar-refractivity contribution in [2.75, 3.05) is 13.2 Å². The molecule has 1 unspecified atom stereocenters. The Morgan fingerprint density at radius 1 is 1.35 bits per heavy atom. The number of esters is 1. The van der Waals surface area contributed by atoms with E-state index in [4.69, 9.17) is 20.1 Å². The highest BCUT2D eigenvalue weighted by atomic mass is 16.5. The molecule has 1 aliphatic carbocycles. The molecular weight excluding hydrogens is 260 g/mol. The summed E-state index contributed by atoms with van der Waals surface area (Å²) in [4.78, 5) is 11.0. The van der Waals surface area contributed by atoms with E-state index >= 15 is 0 Å². The highest BCUT2D eigenvalue weighted by molar-refractivity contribution is 5.82. The molecule has 1 aromatic rings. The molecule has 1 aromatic carbocycles. The molecule has 0 spiro atoms. The third-order valence-electron chi connectivity index (χ3n) is 2.58. The van der Waals surface area contributed by atoms with Gasteiger partial charge in [-0.1, -0.05) is 36.9 Å². The Kier molecular flexibility index (Phi) is 6.66. The van der Waals surface area contributed by atoms with Gasteiger partial charge in [-0.05, 0) is 11.6 Å². The van der Waals surface area contributed by atoms with Gasteiger partial charge in [0.1, 0.15) is 12.2 Å². The highest BCUT2D eigenvalue weighted by Crippen LogP contribution is 2.30. The third-order valence-corrected chi connectivity index (χ3v) is 2.58.